The van der Waals surface area contributed by atoms with Gasteiger partial charge in [-0.25, -0.2) is 8.42 Å². The standard InChI is InChI=1S/C16H20O3S/c1-2-3-7-13-10-11-16(17)15(13)12-20(18,19)14-8-5-4-6-9-14/h4-6,8-9H,2-3,7,10-12H2,1H3. The van der Waals surface area contributed by atoms with E-state index < -0.39 is 9.84 Å². The van der Waals surface area contributed by atoms with Gasteiger partial charge in [-0.1, -0.05) is 37.1 Å². The van der Waals surface area contributed by atoms with E-state index in [4.69, 9.17) is 0 Å². The van der Waals surface area contributed by atoms with Crippen LogP contribution in [0.5, 0.6) is 0 Å². The molecule has 2 rings (SSSR count). The van der Waals surface area contributed by atoms with E-state index >= 15 is 0 Å². The van der Waals surface area contributed by atoms with Crippen LogP contribution < -0.4 is 0 Å². The highest BCUT2D eigenvalue weighted by Gasteiger charge is 2.27. The van der Waals surface area contributed by atoms with Crippen molar-refractivity contribution in [1.29, 1.82) is 0 Å². The minimum absolute atomic E-state index is 0.00982. The number of Topliss-reactive ketones (excluding diaryl/α,β-unsaturated/α-hetero) is 1. The van der Waals surface area contributed by atoms with Gasteiger partial charge >= 0.3 is 0 Å². The molecule has 4 heteroatoms. The van der Waals surface area contributed by atoms with Crippen LogP contribution in [0.25, 0.3) is 0 Å². The topological polar surface area (TPSA) is 51.2 Å². The van der Waals surface area contributed by atoms with Gasteiger partial charge in [0, 0.05) is 12.0 Å². The predicted octanol–water partition coefficient (Wildman–Crippen LogP) is 3.31. The molecule has 1 aromatic rings. The van der Waals surface area contributed by atoms with Gasteiger partial charge in [0.25, 0.3) is 0 Å². The summed E-state index contributed by atoms with van der Waals surface area (Å²) in [5.41, 5.74) is 1.60. The van der Waals surface area contributed by atoms with E-state index in [0.29, 0.717) is 16.9 Å². The first-order valence-corrected chi connectivity index (χ1v) is 8.71. The molecule has 0 fully saturated rings. The summed E-state index contributed by atoms with van der Waals surface area (Å²) >= 11 is 0. The van der Waals surface area contributed by atoms with Crippen LogP contribution in [0, 0.1) is 0 Å². The van der Waals surface area contributed by atoms with Crippen molar-refractivity contribution < 1.29 is 13.2 Å². The van der Waals surface area contributed by atoms with E-state index in [9.17, 15) is 13.2 Å². The Morgan fingerprint density at radius 2 is 1.80 bits per heavy atom. The maximum absolute atomic E-state index is 12.4. The quantitative estimate of drug-likeness (QED) is 0.808. The zero-order valence-electron chi connectivity index (χ0n) is 11.8. The van der Waals surface area contributed by atoms with E-state index in [1.54, 1.807) is 30.3 Å². The molecule has 20 heavy (non-hydrogen) atoms. The molecule has 108 valence electrons. The van der Waals surface area contributed by atoms with Gasteiger partial charge in [-0.15, -0.1) is 0 Å². The van der Waals surface area contributed by atoms with Gasteiger partial charge in [-0.2, -0.15) is 0 Å². The van der Waals surface area contributed by atoms with Crippen molar-refractivity contribution in [3.63, 3.8) is 0 Å². The van der Waals surface area contributed by atoms with Crippen molar-refractivity contribution in [3.8, 4) is 0 Å². The molecule has 1 aliphatic rings. The summed E-state index contributed by atoms with van der Waals surface area (Å²) in [6.07, 6.45) is 4.12. The second-order valence-electron chi connectivity index (χ2n) is 5.18. The first-order valence-electron chi connectivity index (χ1n) is 7.06. The largest absolute Gasteiger partial charge is 0.295 e. The van der Waals surface area contributed by atoms with Crippen LogP contribution >= 0.6 is 0 Å². The Hall–Kier alpha value is -1.42. The van der Waals surface area contributed by atoms with Crippen molar-refractivity contribution in [2.45, 2.75) is 43.9 Å². The number of hydrogen-bond donors (Lipinski definition) is 0. The van der Waals surface area contributed by atoms with Gasteiger partial charge in [0.2, 0.25) is 0 Å². The molecule has 0 saturated heterocycles. The van der Waals surface area contributed by atoms with Crippen LogP contribution in [-0.4, -0.2) is 20.0 Å². The van der Waals surface area contributed by atoms with E-state index in [-0.39, 0.29) is 11.5 Å². The normalized spacial score (nSPS) is 15.9. The number of unbranched alkanes of at least 4 members (excludes halogenated alkanes) is 1. The molecule has 0 amide bonds. The highest BCUT2D eigenvalue weighted by molar-refractivity contribution is 7.91. The number of carbonyl (C=O) groups excluding carboxylic acids is 1. The van der Waals surface area contributed by atoms with E-state index in [0.717, 1.165) is 31.3 Å². The van der Waals surface area contributed by atoms with E-state index in [1.807, 2.05) is 0 Å². The average Bonchev–Trinajstić information content (AvgIpc) is 2.78. The number of allylic oxidation sites excluding steroid dienone is 1. The Labute approximate surface area is 120 Å². The Bertz CT molecular complexity index is 612. The number of carbonyl (C=O) groups is 1. The van der Waals surface area contributed by atoms with Gasteiger partial charge in [0.15, 0.2) is 15.6 Å². The lowest BCUT2D eigenvalue weighted by Crippen LogP contribution is -2.13. The Kier molecular flexibility index (Phi) is 4.76. The van der Waals surface area contributed by atoms with Crippen molar-refractivity contribution >= 4 is 15.6 Å². The predicted molar refractivity (Wildman–Crippen MR) is 79.3 cm³/mol. The molecule has 0 heterocycles. The fraction of sp³-hybridized carbons (Fsp3) is 0.438. The van der Waals surface area contributed by atoms with Crippen LogP contribution in [0.3, 0.4) is 0 Å². The number of rotatable bonds is 6. The second kappa shape index (κ2) is 6.35. The maximum atomic E-state index is 12.4. The van der Waals surface area contributed by atoms with Crippen LogP contribution in [0.1, 0.15) is 39.0 Å². The Morgan fingerprint density at radius 3 is 2.45 bits per heavy atom. The number of sulfone groups is 1. The average molecular weight is 292 g/mol. The molecular weight excluding hydrogens is 272 g/mol. The zero-order valence-corrected chi connectivity index (χ0v) is 12.6. The summed E-state index contributed by atoms with van der Waals surface area (Å²) in [4.78, 5) is 12.2. The van der Waals surface area contributed by atoms with Crippen LogP contribution in [0.2, 0.25) is 0 Å². The highest BCUT2D eigenvalue weighted by atomic mass is 32.2. The first kappa shape index (κ1) is 15.0. The fourth-order valence-electron chi connectivity index (χ4n) is 2.51. The van der Waals surface area contributed by atoms with E-state index in [2.05, 4.69) is 6.92 Å². The van der Waals surface area contributed by atoms with E-state index in [1.165, 1.54) is 0 Å². The lowest BCUT2D eigenvalue weighted by Gasteiger charge is -2.07. The van der Waals surface area contributed by atoms with Gasteiger partial charge in [-0.05, 0) is 31.4 Å². The molecular formula is C16H20O3S. The number of benzene rings is 1. The molecule has 1 aromatic carbocycles. The molecule has 0 aromatic heterocycles. The van der Waals surface area contributed by atoms with Gasteiger partial charge in [0.1, 0.15) is 0 Å². The molecule has 0 aliphatic heterocycles. The van der Waals surface area contributed by atoms with Crippen LogP contribution in [0.4, 0.5) is 0 Å². The molecule has 1 aliphatic carbocycles. The third-order valence-electron chi connectivity index (χ3n) is 3.69. The summed E-state index contributed by atoms with van der Waals surface area (Å²) in [5.74, 6) is -0.134. The Morgan fingerprint density at radius 1 is 1.10 bits per heavy atom. The molecule has 0 N–H and O–H groups in total. The molecule has 3 nitrogen and oxygen atoms in total. The smallest absolute Gasteiger partial charge is 0.182 e. The van der Waals surface area contributed by atoms with Gasteiger partial charge < -0.3 is 0 Å². The third-order valence-corrected chi connectivity index (χ3v) is 5.35. The summed E-state index contributed by atoms with van der Waals surface area (Å²) < 4.78 is 24.7. The first-order chi connectivity index (χ1) is 9.54. The van der Waals surface area contributed by atoms with Crippen molar-refractivity contribution in [1.82, 2.24) is 0 Å². The molecule has 0 saturated carbocycles. The summed E-state index contributed by atoms with van der Waals surface area (Å²) in [6, 6.07) is 8.36. The molecule has 0 atom stereocenters. The fourth-order valence-corrected chi connectivity index (χ4v) is 4.00. The summed E-state index contributed by atoms with van der Waals surface area (Å²) in [5, 5.41) is 0. The monoisotopic (exact) mass is 292 g/mol. The lowest BCUT2D eigenvalue weighted by molar-refractivity contribution is -0.114. The maximum Gasteiger partial charge on any atom is 0.182 e. The molecule has 0 bridgehead atoms. The van der Waals surface area contributed by atoms with Crippen LogP contribution in [-0.2, 0) is 14.6 Å². The number of hydrogen-bond acceptors (Lipinski definition) is 3. The van der Waals surface area contributed by atoms with Gasteiger partial charge in [0.05, 0.1) is 10.6 Å². The second-order valence-corrected chi connectivity index (χ2v) is 7.17. The molecule has 0 unspecified atom stereocenters. The zero-order chi connectivity index (χ0) is 14.6. The van der Waals surface area contributed by atoms with Gasteiger partial charge in [-0.3, -0.25) is 4.79 Å². The third kappa shape index (κ3) is 3.37. The van der Waals surface area contributed by atoms with Crippen molar-refractivity contribution in [2.24, 2.45) is 0 Å². The minimum atomic E-state index is -3.41. The summed E-state index contributed by atoms with van der Waals surface area (Å²) in [6.45, 7) is 2.09. The van der Waals surface area contributed by atoms with Crippen molar-refractivity contribution in [3.05, 3.63) is 41.5 Å². The van der Waals surface area contributed by atoms with Crippen LogP contribution in [0.15, 0.2) is 46.4 Å². The number of ketones is 1. The lowest BCUT2D eigenvalue weighted by atomic mass is 10.1. The highest BCUT2D eigenvalue weighted by Crippen LogP contribution is 2.29. The minimum Gasteiger partial charge on any atom is -0.295 e. The van der Waals surface area contributed by atoms with Crippen molar-refractivity contribution in [2.75, 3.05) is 5.75 Å². The summed E-state index contributed by atoms with van der Waals surface area (Å²) in [7, 11) is -3.41. The molecule has 0 spiro atoms. The SMILES string of the molecule is CCCCC1=C(CS(=O)(=O)c2ccccc2)C(=O)CC1. The molecule has 0 radical (unpaired) electrons. The Balaban J connectivity index is 2.25.